The average Bonchev–Trinajstić information content (AvgIpc) is 2.72. The number of rotatable bonds is 5. The minimum absolute atomic E-state index is 0.257. The van der Waals surface area contributed by atoms with Gasteiger partial charge in [-0.25, -0.2) is 10.9 Å². The van der Waals surface area contributed by atoms with Crippen molar-refractivity contribution in [3.63, 3.8) is 0 Å². The summed E-state index contributed by atoms with van der Waals surface area (Å²) in [6.07, 6.45) is 5.96. The summed E-state index contributed by atoms with van der Waals surface area (Å²) in [4.78, 5) is 3.80. The summed E-state index contributed by atoms with van der Waals surface area (Å²) in [5.41, 5.74) is 0. The third-order valence-electron chi connectivity index (χ3n) is 2.01. The van der Waals surface area contributed by atoms with Gasteiger partial charge in [-0.05, 0) is 6.42 Å². The molecule has 16 heavy (non-hydrogen) atoms. The molecule has 1 atom stereocenters. The summed E-state index contributed by atoms with van der Waals surface area (Å²) in [6.45, 7) is 2.14. The van der Waals surface area contributed by atoms with Gasteiger partial charge in [-0.15, -0.1) is 0 Å². The molecule has 0 fully saturated rings. The van der Waals surface area contributed by atoms with Crippen molar-refractivity contribution in [1.82, 2.24) is 9.55 Å². The molecule has 4 N–H and O–H groups in total. The predicted molar refractivity (Wildman–Crippen MR) is 58.4 cm³/mol. The monoisotopic (exact) mass is 251 g/mol. The summed E-state index contributed by atoms with van der Waals surface area (Å²) in [6, 6.07) is 0. The van der Waals surface area contributed by atoms with Crippen LogP contribution in [0.25, 0.3) is 0 Å². The van der Waals surface area contributed by atoms with Crippen molar-refractivity contribution in [2.45, 2.75) is 31.6 Å². The van der Waals surface area contributed by atoms with Crippen molar-refractivity contribution in [3.05, 3.63) is 18.7 Å². The highest BCUT2D eigenvalue weighted by atomic mass is 32.2. The van der Waals surface area contributed by atoms with Crippen molar-refractivity contribution in [3.8, 4) is 0 Å². The van der Waals surface area contributed by atoms with Crippen molar-refractivity contribution in [2.75, 3.05) is 0 Å². The zero-order valence-electron chi connectivity index (χ0n) is 9.02. The van der Waals surface area contributed by atoms with Crippen LogP contribution in [0.2, 0.25) is 0 Å². The third kappa shape index (κ3) is 5.21. The maximum atomic E-state index is 11.0. The van der Waals surface area contributed by atoms with Crippen molar-refractivity contribution >= 4 is 10.1 Å². The van der Waals surface area contributed by atoms with Crippen molar-refractivity contribution < 1.29 is 18.2 Å². The summed E-state index contributed by atoms with van der Waals surface area (Å²) >= 11 is 0. The zero-order valence-corrected chi connectivity index (χ0v) is 9.84. The van der Waals surface area contributed by atoms with Crippen LogP contribution in [-0.2, 0) is 16.7 Å². The molecule has 7 nitrogen and oxygen atoms in total. The molecule has 8 heteroatoms. The minimum atomic E-state index is -3.95. The topological polar surface area (TPSA) is 118 Å². The van der Waals surface area contributed by atoms with Crippen LogP contribution < -0.4 is 5.90 Å². The molecule has 0 saturated carbocycles. The number of aromatic nitrogens is 2. The molecule has 1 rings (SSSR count). The van der Waals surface area contributed by atoms with Gasteiger partial charge in [0.1, 0.15) is 5.25 Å². The first-order chi connectivity index (χ1) is 7.54. The first-order valence-electron chi connectivity index (χ1n) is 4.72. The fourth-order valence-corrected chi connectivity index (χ4v) is 2.18. The molecule has 0 saturated heterocycles. The SMILES string of the molecule is CCCC(Cn1ccnc1)S(=O)(=O)O.NO. The molecule has 0 aliphatic carbocycles. The lowest BCUT2D eigenvalue weighted by molar-refractivity contribution is 0.311. The van der Waals surface area contributed by atoms with E-state index in [4.69, 9.17) is 9.76 Å². The van der Waals surface area contributed by atoms with E-state index in [9.17, 15) is 8.42 Å². The Bertz CT molecular complexity index is 363. The van der Waals surface area contributed by atoms with Gasteiger partial charge in [0.2, 0.25) is 0 Å². The van der Waals surface area contributed by atoms with Gasteiger partial charge in [-0.2, -0.15) is 8.42 Å². The molecular weight excluding hydrogens is 234 g/mol. The van der Waals surface area contributed by atoms with Crippen molar-refractivity contribution in [1.29, 1.82) is 0 Å². The second-order valence-electron chi connectivity index (χ2n) is 3.19. The van der Waals surface area contributed by atoms with Crippen LogP contribution in [0.1, 0.15) is 19.8 Å². The normalized spacial score (nSPS) is 12.8. The largest absolute Gasteiger partial charge is 0.336 e. The smallest absolute Gasteiger partial charge is 0.269 e. The van der Waals surface area contributed by atoms with E-state index in [1.54, 1.807) is 17.0 Å². The number of hydrogen-bond acceptors (Lipinski definition) is 5. The predicted octanol–water partition coefficient (Wildman–Crippen LogP) is 0.274. The van der Waals surface area contributed by atoms with Crippen LogP contribution in [0, 0.1) is 0 Å². The summed E-state index contributed by atoms with van der Waals surface area (Å²) in [5.74, 6) is 3.50. The van der Waals surface area contributed by atoms with E-state index >= 15 is 0 Å². The lowest BCUT2D eigenvalue weighted by Gasteiger charge is -2.12. The van der Waals surface area contributed by atoms with Crippen molar-refractivity contribution in [2.24, 2.45) is 5.90 Å². The molecular formula is C8H17N3O4S. The van der Waals surface area contributed by atoms with E-state index in [0.29, 0.717) is 6.42 Å². The van der Waals surface area contributed by atoms with E-state index in [-0.39, 0.29) is 6.54 Å². The van der Waals surface area contributed by atoms with Gasteiger partial charge in [-0.1, -0.05) is 13.3 Å². The number of hydrogen-bond donors (Lipinski definition) is 3. The lowest BCUT2D eigenvalue weighted by atomic mass is 10.2. The van der Waals surface area contributed by atoms with E-state index in [2.05, 4.69) is 10.9 Å². The van der Waals surface area contributed by atoms with Gasteiger partial charge in [0.05, 0.1) is 6.33 Å². The second kappa shape index (κ2) is 7.34. The van der Waals surface area contributed by atoms with Gasteiger partial charge < -0.3 is 9.77 Å². The highest BCUT2D eigenvalue weighted by molar-refractivity contribution is 7.86. The summed E-state index contributed by atoms with van der Waals surface area (Å²) in [7, 11) is -3.95. The average molecular weight is 251 g/mol. The molecule has 1 unspecified atom stereocenters. The molecule has 0 aliphatic rings. The Hall–Kier alpha value is -0.960. The maximum Gasteiger partial charge on any atom is 0.269 e. The molecule has 0 spiro atoms. The Kier molecular flexibility index (Phi) is 6.90. The van der Waals surface area contributed by atoms with Crippen LogP contribution >= 0.6 is 0 Å². The van der Waals surface area contributed by atoms with Crippen LogP contribution in [-0.4, -0.2) is 33.0 Å². The van der Waals surface area contributed by atoms with Crippen LogP contribution in [0.5, 0.6) is 0 Å². The van der Waals surface area contributed by atoms with Gasteiger partial charge in [0, 0.05) is 18.9 Å². The lowest BCUT2D eigenvalue weighted by Crippen LogP contribution is -2.25. The van der Waals surface area contributed by atoms with E-state index in [1.807, 2.05) is 6.92 Å². The minimum Gasteiger partial charge on any atom is -0.336 e. The first kappa shape index (κ1) is 15.0. The van der Waals surface area contributed by atoms with Crippen LogP contribution in [0.4, 0.5) is 0 Å². The summed E-state index contributed by atoms with van der Waals surface area (Å²) < 4.78 is 32.5. The molecule has 0 aliphatic heterocycles. The highest BCUT2D eigenvalue weighted by Gasteiger charge is 2.22. The van der Waals surface area contributed by atoms with Gasteiger partial charge in [0.25, 0.3) is 10.1 Å². The quantitative estimate of drug-likeness (QED) is 0.510. The highest BCUT2D eigenvalue weighted by Crippen LogP contribution is 2.09. The van der Waals surface area contributed by atoms with E-state index < -0.39 is 15.4 Å². The Morgan fingerprint density at radius 1 is 1.50 bits per heavy atom. The van der Waals surface area contributed by atoms with Gasteiger partial charge in [0.15, 0.2) is 0 Å². The Morgan fingerprint density at radius 2 is 2.12 bits per heavy atom. The zero-order chi connectivity index (χ0) is 12.6. The second-order valence-corrected chi connectivity index (χ2v) is 4.88. The molecule has 0 bridgehead atoms. The Morgan fingerprint density at radius 3 is 2.50 bits per heavy atom. The number of imidazole rings is 1. The molecule has 0 amide bonds. The molecule has 1 aromatic heterocycles. The fourth-order valence-electron chi connectivity index (χ4n) is 1.29. The number of nitrogens with zero attached hydrogens (tertiary/aromatic N) is 2. The Labute approximate surface area is 94.6 Å². The fraction of sp³-hybridized carbons (Fsp3) is 0.625. The van der Waals surface area contributed by atoms with Gasteiger partial charge >= 0.3 is 0 Å². The number of nitrogens with two attached hydrogens (primary N) is 1. The standard InChI is InChI=1S/C8H14N2O3S.H3NO/c1-2-3-8(14(11,12)13)6-10-5-4-9-7-10;1-2/h4-5,7-8H,2-3,6H2,1H3,(H,11,12,13);2H,1H2. The first-order valence-corrected chi connectivity index (χ1v) is 6.22. The molecule has 0 radical (unpaired) electrons. The van der Waals surface area contributed by atoms with Gasteiger partial charge in [-0.3, -0.25) is 4.55 Å². The molecule has 1 heterocycles. The molecule has 0 aromatic carbocycles. The molecule has 94 valence electrons. The van der Waals surface area contributed by atoms with Crippen LogP contribution in [0.15, 0.2) is 18.7 Å². The third-order valence-corrected chi connectivity index (χ3v) is 3.23. The van der Waals surface area contributed by atoms with E-state index in [0.717, 1.165) is 6.42 Å². The summed E-state index contributed by atoms with van der Waals surface area (Å²) in [5, 5.41) is 5.77. The van der Waals surface area contributed by atoms with Crippen LogP contribution in [0.3, 0.4) is 0 Å². The van der Waals surface area contributed by atoms with E-state index in [1.165, 1.54) is 6.33 Å². The maximum absolute atomic E-state index is 11.0. The Balaban J connectivity index is 0.00000106. The molecule has 1 aromatic rings.